The van der Waals surface area contributed by atoms with Crippen molar-refractivity contribution >= 4 is 8.96 Å². The predicted molar refractivity (Wildman–Crippen MR) is 79.3 cm³/mol. The van der Waals surface area contributed by atoms with E-state index >= 15 is 0 Å². The Bertz CT molecular complexity index is 206. The molecule has 1 N–H and O–H groups in total. The molecule has 0 aliphatic rings. The molecular weight excluding hydrogens is 229 g/mol. The van der Waals surface area contributed by atoms with Crippen molar-refractivity contribution in [1.82, 2.24) is 4.67 Å². The van der Waals surface area contributed by atoms with Crippen LogP contribution in [0.3, 0.4) is 0 Å². The lowest BCUT2D eigenvalue weighted by Crippen LogP contribution is -2.36. The lowest BCUT2D eigenvalue weighted by molar-refractivity contribution is 0.264. The van der Waals surface area contributed by atoms with Crippen LogP contribution >= 0.6 is 8.96 Å². The topological polar surface area (TPSA) is 23.5 Å². The molecule has 0 fully saturated rings. The smallest absolute Gasteiger partial charge is 0.0863 e. The highest BCUT2D eigenvalue weighted by Crippen LogP contribution is 2.29. The molecule has 0 bridgehead atoms. The van der Waals surface area contributed by atoms with Gasteiger partial charge in [-0.15, -0.1) is 13.2 Å². The summed E-state index contributed by atoms with van der Waals surface area (Å²) in [4.78, 5) is 9.61. The first kappa shape index (κ1) is 16.8. The van der Waals surface area contributed by atoms with Gasteiger partial charge in [0.2, 0.25) is 0 Å². The summed E-state index contributed by atoms with van der Waals surface area (Å²) in [6.45, 7) is 16.6. The van der Waals surface area contributed by atoms with Crippen molar-refractivity contribution in [2.75, 3.05) is 0 Å². The van der Waals surface area contributed by atoms with Crippen LogP contribution in [0.2, 0.25) is 0 Å². The molecule has 2 nitrogen and oxygen atoms in total. The zero-order valence-electron chi connectivity index (χ0n) is 11.7. The maximum atomic E-state index is 9.61. The molecule has 3 heteroatoms. The fourth-order valence-electron chi connectivity index (χ4n) is 2.01. The van der Waals surface area contributed by atoms with Crippen LogP contribution in [0.1, 0.15) is 40.5 Å². The number of hydrogen-bond acceptors (Lipinski definition) is 2. The van der Waals surface area contributed by atoms with E-state index in [1.54, 1.807) is 0 Å². The molecule has 0 radical (unpaired) electrons. The molecule has 3 unspecified atom stereocenters. The van der Waals surface area contributed by atoms with Gasteiger partial charge >= 0.3 is 0 Å². The van der Waals surface area contributed by atoms with Crippen molar-refractivity contribution < 1.29 is 4.89 Å². The van der Waals surface area contributed by atoms with Crippen molar-refractivity contribution in [1.29, 1.82) is 0 Å². The summed E-state index contributed by atoms with van der Waals surface area (Å²) >= 11 is 0. The summed E-state index contributed by atoms with van der Waals surface area (Å²) in [7, 11) is -0.187. The second-order valence-corrected chi connectivity index (χ2v) is 6.09. The van der Waals surface area contributed by atoms with Crippen molar-refractivity contribution in [2.45, 2.75) is 52.6 Å². The minimum Gasteiger partial charge on any atom is -0.361 e. The third kappa shape index (κ3) is 6.35. The first-order chi connectivity index (χ1) is 7.96. The minimum atomic E-state index is -0.187. The van der Waals surface area contributed by atoms with Crippen LogP contribution in [-0.4, -0.2) is 21.6 Å². The molecule has 0 saturated heterocycles. The Morgan fingerprint density at radius 1 is 1.00 bits per heavy atom. The van der Waals surface area contributed by atoms with E-state index in [0.29, 0.717) is 11.8 Å². The Kier molecular flexibility index (Phi) is 8.77. The number of hydrogen-bond donors (Lipinski definition) is 1. The summed E-state index contributed by atoms with van der Waals surface area (Å²) < 4.78 is 2.11. The molecule has 0 saturated carbocycles. The first-order valence-electron chi connectivity index (χ1n) is 6.39. The van der Waals surface area contributed by atoms with E-state index in [1.807, 2.05) is 12.2 Å². The SMILES string of the molecule is C=CC(CC(C)C)N(PO)C(C=C)CC(C)C. The first-order valence-corrected chi connectivity index (χ1v) is 7.28. The van der Waals surface area contributed by atoms with Crippen LogP contribution in [0.4, 0.5) is 0 Å². The molecule has 0 aromatic rings. The lowest BCUT2D eigenvalue weighted by Gasteiger charge is -2.34. The summed E-state index contributed by atoms with van der Waals surface area (Å²) in [5, 5.41) is 0. The van der Waals surface area contributed by atoms with E-state index in [-0.39, 0.29) is 21.0 Å². The van der Waals surface area contributed by atoms with Crippen LogP contribution in [0.25, 0.3) is 0 Å². The fraction of sp³-hybridized carbons (Fsp3) is 0.714. The van der Waals surface area contributed by atoms with Crippen LogP contribution < -0.4 is 0 Å². The largest absolute Gasteiger partial charge is 0.361 e. The third-order valence-electron chi connectivity index (χ3n) is 2.80. The van der Waals surface area contributed by atoms with Crippen molar-refractivity contribution in [3.63, 3.8) is 0 Å². The minimum absolute atomic E-state index is 0.187. The molecule has 0 amide bonds. The van der Waals surface area contributed by atoms with Gasteiger partial charge in [-0.25, -0.2) is 4.67 Å². The average Bonchev–Trinajstić information content (AvgIpc) is 2.25. The molecule has 17 heavy (non-hydrogen) atoms. The monoisotopic (exact) mass is 257 g/mol. The standard InChI is InChI=1S/C14H28NOP/c1-7-13(9-11(3)4)15(17-16)14(8-2)10-12(5)6/h7-8,11-14,16-17H,1-2,9-10H2,3-6H3. The second kappa shape index (κ2) is 8.85. The summed E-state index contributed by atoms with van der Waals surface area (Å²) in [6, 6.07) is 0.472. The van der Waals surface area contributed by atoms with Crippen LogP contribution in [0, 0.1) is 11.8 Å². The summed E-state index contributed by atoms with van der Waals surface area (Å²) in [5.74, 6) is 1.20. The molecular formula is C14H28NOP. The Balaban J connectivity index is 4.72. The maximum absolute atomic E-state index is 9.61. The molecule has 100 valence electrons. The zero-order valence-corrected chi connectivity index (χ0v) is 12.7. The second-order valence-electron chi connectivity index (χ2n) is 5.37. The molecule has 3 atom stereocenters. The van der Waals surface area contributed by atoms with Gasteiger partial charge in [-0.3, -0.25) is 0 Å². The highest BCUT2D eigenvalue weighted by Gasteiger charge is 2.23. The Hall–Kier alpha value is -0.170. The molecule has 0 aromatic carbocycles. The fourth-order valence-corrected chi connectivity index (χ4v) is 2.73. The average molecular weight is 257 g/mol. The summed E-state index contributed by atoms with van der Waals surface area (Å²) in [6.07, 6.45) is 5.94. The van der Waals surface area contributed by atoms with Crippen LogP contribution in [0.5, 0.6) is 0 Å². The molecule has 0 aromatic heterocycles. The van der Waals surface area contributed by atoms with E-state index in [2.05, 4.69) is 45.5 Å². The van der Waals surface area contributed by atoms with Gasteiger partial charge < -0.3 is 4.89 Å². The van der Waals surface area contributed by atoms with Crippen molar-refractivity contribution in [2.24, 2.45) is 11.8 Å². The summed E-state index contributed by atoms with van der Waals surface area (Å²) in [5.41, 5.74) is 0. The van der Waals surface area contributed by atoms with Crippen molar-refractivity contribution in [3.05, 3.63) is 25.3 Å². The van der Waals surface area contributed by atoms with Gasteiger partial charge in [0.25, 0.3) is 0 Å². The van der Waals surface area contributed by atoms with Gasteiger partial charge in [0, 0.05) is 12.1 Å². The van der Waals surface area contributed by atoms with Gasteiger partial charge in [0.15, 0.2) is 0 Å². The van der Waals surface area contributed by atoms with Crippen LogP contribution in [-0.2, 0) is 0 Å². The highest BCUT2D eigenvalue weighted by molar-refractivity contribution is 7.28. The molecule has 0 aliphatic carbocycles. The predicted octanol–water partition coefficient (Wildman–Crippen LogP) is 3.99. The quantitative estimate of drug-likeness (QED) is 0.498. The normalized spacial score (nSPS) is 16.0. The van der Waals surface area contributed by atoms with Gasteiger partial charge in [-0.05, 0) is 24.7 Å². The van der Waals surface area contributed by atoms with E-state index in [9.17, 15) is 4.89 Å². The van der Waals surface area contributed by atoms with Gasteiger partial charge in [-0.2, -0.15) is 0 Å². The zero-order chi connectivity index (χ0) is 13.4. The molecule has 0 aliphatic heterocycles. The van der Waals surface area contributed by atoms with Gasteiger partial charge in [0.1, 0.15) is 0 Å². The maximum Gasteiger partial charge on any atom is 0.0863 e. The lowest BCUT2D eigenvalue weighted by atomic mass is 9.99. The third-order valence-corrected chi connectivity index (χ3v) is 3.69. The van der Waals surface area contributed by atoms with E-state index in [0.717, 1.165) is 12.8 Å². The molecule has 0 heterocycles. The Morgan fingerprint density at radius 2 is 1.35 bits per heavy atom. The van der Waals surface area contributed by atoms with Crippen LogP contribution in [0.15, 0.2) is 25.3 Å². The number of nitrogens with zero attached hydrogens (tertiary/aromatic N) is 1. The Labute approximate surface area is 109 Å². The van der Waals surface area contributed by atoms with Gasteiger partial charge in [-0.1, -0.05) is 39.8 Å². The van der Waals surface area contributed by atoms with E-state index in [1.165, 1.54) is 0 Å². The van der Waals surface area contributed by atoms with E-state index in [4.69, 9.17) is 0 Å². The molecule has 0 spiro atoms. The number of rotatable bonds is 9. The van der Waals surface area contributed by atoms with Gasteiger partial charge in [0.05, 0.1) is 8.96 Å². The van der Waals surface area contributed by atoms with E-state index < -0.39 is 0 Å². The molecule has 0 rings (SSSR count). The highest BCUT2D eigenvalue weighted by atomic mass is 31.1. The Morgan fingerprint density at radius 3 is 1.53 bits per heavy atom. The van der Waals surface area contributed by atoms with Crippen molar-refractivity contribution in [3.8, 4) is 0 Å².